The first-order valence-electron chi connectivity index (χ1n) is 6.35. The van der Waals surface area contributed by atoms with Crippen molar-refractivity contribution in [2.45, 2.75) is 32.7 Å². The second-order valence-corrected chi connectivity index (χ2v) is 7.46. The average molecular weight is 339 g/mol. The van der Waals surface area contributed by atoms with Gasteiger partial charge in [0.25, 0.3) is 0 Å². The molecule has 0 amide bonds. The maximum Gasteiger partial charge on any atom is 0.0701 e. The van der Waals surface area contributed by atoms with Crippen LogP contribution in [0.5, 0.6) is 0 Å². The van der Waals surface area contributed by atoms with Crippen LogP contribution in [0.1, 0.15) is 21.6 Å². The lowest BCUT2D eigenvalue weighted by molar-refractivity contribution is 0.524. The van der Waals surface area contributed by atoms with E-state index in [0.29, 0.717) is 0 Å². The number of nitrogens with two attached hydrogens (primary N) is 1. The van der Waals surface area contributed by atoms with E-state index >= 15 is 0 Å². The molecule has 3 N–H and O–H groups in total. The first-order valence-corrected chi connectivity index (χ1v) is 7.96. The third-order valence-corrected chi connectivity index (χ3v) is 4.93. The topological polar surface area (TPSA) is 38.0 Å². The second-order valence-electron chi connectivity index (χ2n) is 4.91. The Morgan fingerprint density at radius 2 is 2.00 bits per heavy atom. The molecule has 0 fully saturated rings. The number of halogens is 1. The number of benzene rings is 1. The highest BCUT2D eigenvalue weighted by Crippen LogP contribution is 2.24. The third-order valence-electron chi connectivity index (χ3n) is 3.28. The molecule has 1 atom stereocenters. The fraction of sp³-hybridized carbons (Fsp3) is 0.333. The molecule has 1 heterocycles. The van der Waals surface area contributed by atoms with Crippen LogP contribution in [0.2, 0.25) is 0 Å². The molecule has 2 aromatic rings. The van der Waals surface area contributed by atoms with E-state index in [1.54, 1.807) is 11.3 Å². The highest BCUT2D eigenvalue weighted by Gasteiger charge is 2.12. The Kier molecular flexibility index (Phi) is 5.16. The molecule has 1 unspecified atom stereocenters. The number of hydrogen-bond donors (Lipinski definition) is 2. The maximum absolute atomic E-state index is 5.71. The average Bonchev–Trinajstić information content (AvgIpc) is 2.78. The molecule has 0 spiro atoms. The summed E-state index contributed by atoms with van der Waals surface area (Å²) >= 11 is 5.27. The number of nitrogens with one attached hydrogen (secondary N) is 1. The van der Waals surface area contributed by atoms with Crippen molar-refractivity contribution in [2.75, 3.05) is 0 Å². The number of rotatable bonds is 5. The Bertz CT molecular complexity index is 551. The molecule has 0 aliphatic carbocycles. The zero-order valence-electron chi connectivity index (χ0n) is 11.2. The van der Waals surface area contributed by atoms with Crippen molar-refractivity contribution in [3.05, 3.63) is 55.7 Å². The van der Waals surface area contributed by atoms with Crippen LogP contribution in [-0.4, -0.2) is 6.04 Å². The zero-order chi connectivity index (χ0) is 13.8. The minimum Gasteiger partial charge on any atom is -0.271 e. The summed E-state index contributed by atoms with van der Waals surface area (Å²) in [6.07, 6.45) is 1.92. The predicted octanol–water partition coefficient (Wildman–Crippen LogP) is 3.74. The van der Waals surface area contributed by atoms with Crippen LogP contribution in [0, 0.1) is 13.8 Å². The molecule has 0 saturated heterocycles. The molecule has 2 nitrogen and oxygen atoms in total. The van der Waals surface area contributed by atoms with E-state index in [4.69, 9.17) is 5.84 Å². The lowest BCUT2D eigenvalue weighted by Gasteiger charge is -2.17. The first kappa shape index (κ1) is 14.7. The van der Waals surface area contributed by atoms with Gasteiger partial charge in [-0.3, -0.25) is 11.3 Å². The Balaban J connectivity index is 2.08. The van der Waals surface area contributed by atoms with Crippen LogP contribution in [0.25, 0.3) is 0 Å². The molecule has 0 bridgehead atoms. The summed E-state index contributed by atoms with van der Waals surface area (Å²) in [4.78, 5) is 1.35. The van der Waals surface area contributed by atoms with Gasteiger partial charge in [0.2, 0.25) is 0 Å². The summed E-state index contributed by atoms with van der Waals surface area (Å²) < 4.78 is 1.17. The van der Waals surface area contributed by atoms with E-state index in [1.807, 2.05) is 0 Å². The van der Waals surface area contributed by atoms with Crippen LogP contribution in [0.15, 0.2) is 34.1 Å². The van der Waals surface area contributed by atoms with Gasteiger partial charge in [-0.1, -0.05) is 23.8 Å². The number of hydrogen-bond acceptors (Lipinski definition) is 3. The van der Waals surface area contributed by atoms with Crippen LogP contribution in [-0.2, 0) is 12.8 Å². The van der Waals surface area contributed by atoms with E-state index in [9.17, 15) is 0 Å². The number of aryl methyl sites for hydroxylation is 2. The monoisotopic (exact) mass is 338 g/mol. The number of thiophene rings is 1. The molecule has 1 aromatic carbocycles. The van der Waals surface area contributed by atoms with Crippen molar-refractivity contribution < 1.29 is 0 Å². The maximum atomic E-state index is 5.71. The van der Waals surface area contributed by atoms with Crippen LogP contribution < -0.4 is 11.3 Å². The highest BCUT2D eigenvalue weighted by molar-refractivity contribution is 9.11. The molecule has 1 aromatic heterocycles. The molecule has 102 valence electrons. The van der Waals surface area contributed by atoms with Gasteiger partial charge in [-0.2, -0.15) is 0 Å². The molecule has 0 saturated carbocycles. The van der Waals surface area contributed by atoms with Crippen molar-refractivity contribution in [2.24, 2.45) is 5.84 Å². The van der Waals surface area contributed by atoms with E-state index < -0.39 is 0 Å². The Morgan fingerprint density at radius 3 is 2.63 bits per heavy atom. The standard InChI is InChI=1S/C15H19BrN2S/c1-10-3-4-11(2)12(7-10)8-13(18-17)9-14-5-6-15(16)19-14/h3-7,13,18H,8-9,17H2,1-2H3. The van der Waals surface area contributed by atoms with Gasteiger partial charge in [-0.25, -0.2) is 0 Å². The Hall–Kier alpha value is -0.680. The Morgan fingerprint density at radius 1 is 1.21 bits per heavy atom. The van der Waals surface area contributed by atoms with E-state index in [-0.39, 0.29) is 6.04 Å². The number of hydrazine groups is 1. The van der Waals surface area contributed by atoms with Gasteiger partial charge in [0.1, 0.15) is 0 Å². The smallest absolute Gasteiger partial charge is 0.0701 e. The van der Waals surface area contributed by atoms with Gasteiger partial charge < -0.3 is 0 Å². The summed E-state index contributed by atoms with van der Waals surface area (Å²) in [5.74, 6) is 5.71. The lowest BCUT2D eigenvalue weighted by Crippen LogP contribution is -2.38. The van der Waals surface area contributed by atoms with Gasteiger partial charge in [0.15, 0.2) is 0 Å². The first-order chi connectivity index (χ1) is 9.08. The molecular formula is C15H19BrN2S. The fourth-order valence-electron chi connectivity index (χ4n) is 2.18. The SMILES string of the molecule is Cc1ccc(C)c(CC(Cc2ccc(Br)s2)NN)c1. The van der Waals surface area contributed by atoms with Crippen LogP contribution >= 0.6 is 27.3 Å². The molecular weight excluding hydrogens is 320 g/mol. The summed E-state index contributed by atoms with van der Waals surface area (Å²) in [5.41, 5.74) is 6.95. The molecule has 4 heteroatoms. The van der Waals surface area contributed by atoms with Gasteiger partial charge in [0, 0.05) is 10.9 Å². The van der Waals surface area contributed by atoms with Gasteiger partial charge >= 0.3 is 0 Å². The molecule has 0 radical (unpaired) electrons. The largest absolute Gasteiger partial charge is 0.271 e. The summed E-state index contributed by atoms with van der Waals surface area (Å²) in [6, 6.07) is 11.1. The van der Waals surface area contributed by atoms with Crippen molar-refractivity contribution in [3.8, 4) is 0 Å². The van der Waals surface area contributed by atoms with Crippen molar-refractivity contribution in [1.82, 2.24) is 5.43 Å². The highest BCUT2D eigenvalue weighted by atomic mass is 79.9. The fourth-order valence-corrected chi connectivity index (χ4v) is 3.74. The van der Waals surface area contributed by atoms with Gasteiger partial charge in [-0.05, 0) is 65.9 Å². The van der Waals surface area contributed by atoms with Crippen LogP contribution in [0.4, 0.5) is 0 Å². The van der Waals surface area contributed by atoms with E-state index in [2.05, 4.69) is 65.5 Å². The van der Waals surface area contributed by atoms with E-state index in [1.165, 1.54) is 25.4 Å². The minimum atomic E-state index is 0.269. The van der Waals surface area contributed by atoms with Crippen LogP contribution in [0.3, 0.4) is 0 Å². The Labute approximate surface area is 127 Å². The molecule has 0 aliphatic heterocycles. The van der Waals surface area contributed by atoms with E-state index in [0.717, 1.165) is 12.8 Å². The van der Waals surface area contributed by atoms with Gasteiger partial charge in [0.05, 0.1) is 3.79 Å². The van der Waals surface area contributed by atoms with Crippen molar-refractivity contribution in [1.29, 1.82) is 0 Å². The third kappa shape index (κ3) is 4.14. The zero-order valence-corrected chi connectivity index (χ0v) is 13.6. The summed E-state index contributed by atoms with van der Waals surface area (Å²) in [6.45, 7) is 4.29. The predicted molar refractivity (Wildman–Crippen MR) is 86.5 cm³/mol. The normalized spacial score (nSPS) is 12.6. The second kappa shape index (κ2) is 6.66. The van der Waals surface area contributed by atoms with Gasteiger partial charge in [-0.15, -0.1) is 11.3 Å². The lowest BCUT2D eigenvalue weighted by atomic mass is 9.97. The molecule has 0 aliphatic rings. The molecule has 2 rings (SSSR count). The van der Waals surface area contributed by atoms with Crippen molar-refractivity contribution >= 4 is 27.3 Å². The quantitative estimate of drug-likeness (QED) is 0.643. The van der Waals surface area contributed by atoms with Crippen molar-refractivity contribution in [3.63, 3.8) is 0 Å². The summed E-state index contributed by atoms with van der Waals surface area (Å²) in [5, 5.41) is 0. The minimum absolute atomic E-state index is 0.269. The summed E-state index contributed by atoms with van der Waals surface area (Å²) in [7, 11) is 0. The molecule has 19 heavy (non-hydrogen) atoms.